The first-order valence-corrected chi connectivity index (χ1v) is 6.43. The van der Waals surface area contributed by atoms with Crippen molar-refractivity contribution in [1.29, 1.82) is 0 Å². The number of hydrogen-bond donors (Lipinski definition) is 1. The van der Waals surface area contributed by atoms with Crippen molar-refractivity contribution in [3.63, 3.8) is 0 Å². The summed E-state index contributed by atoms with van der Waals surface area (Å²) in [5.41, 5.74) is 12.0. The van der Waals surface area contributed by atoms with Crippen LogP contribution in [0.1, 0.15) is 36.2 Å². The van der Waals surface area contributed by atoms with E-state index in [0.29, 0.717) is 0 Å². The van der Waals surface area contributed by atoms with Gasteiger partial charge in [-0.25, -0.2) is 0 Å². The quantitative estimate of drug-likeness (QED) is 0.876. The zero-order valence-corrected chi connectivity index (χ0v) is 12.0. The molecular formula is C16H22N2. The van der Waals surface area contributed by atoms with Crippen molar-refractivity contribution < 1.29 is 0 Å². The van der Waals surface area contributed by atoms with E-state index < -0.39 is 0 Å². The first-order valence-electron chi connectivity index (χ1n) is 6.43. The molecule has 0 spiro atoms. The molecule has 96 valence electrons. The molecule has 2 rings (SSSR count). The van der Waals surface area contributed by atoms with Gasteiger partial charge in [-0.1, -0.05) is 12.1 Å². The summed E-state index contributed by atoms with van der Waals surface area (Å²) in [4.78, 5) is 4.69. The molecule has 0 radical (unpaired) electrons. The Labute approximate surface area is 109 Å². The predicted molar refractivity (Wildman–Crippen MR) is 77.9 cm³/mol. The van der Waals surface area contributed by atoms with Gasteiger partial charge in [-0.3, -0.25) is 4.98 Å². The molecule has 0 saturated heterocycles. The van der Waals surface area contributed by atoms with Gasteiger partial charge in [0, 0.05) is 16.6 Å². The molecule has 0 unspecified atom stereocenters. The monoisotopic (exact) mass is 242 g/mol. The minimum Gasteiger partial charge on any atom is -0.325 e. The third-order valence-corrected chi connectivity index (χ3v) is 3.37. The average Bonchev–Trinajstić information content (AvgIpc) is 2.21. The number of rotatable bonds is 2. The lowest BCUT2D eigenvalue weighted by Crippen LogP contribution is -2.34. The van der Waals surface area contributed by atoms with Gasteiger partial charge in [-0.2, -0.15) is 0 Å². The molecule has 18 heavy (non-hydrogen) atoms. The number of nitrogens with zero attached hydrogens (tertiary/aromatic N) is 1. The van der Waals surface area contributed by atoms with Gasteiger partial charge in [0.1, 0.15) is 0 Å². The van der Waals surface area contributed by atoms with Crippen LogP contribution in [0, 0.1) is 20.8 Å². The van der Waals surface area contributed by atoms with Crippen LogP contribution in [0.25, 0.3) is 10.9 Å². The molecule has 0 saturated carbocycles. The Kier molecular flexibility index (Phi) is 3.16. The Bertz CT molecular complexity index is 592. The van der Waals surface area contributed by atoms with Crippen LogP contribution in [0.2, 0.25) is 0 Å². The predicted octanol–water partition coefficient (Wildman–Crippen LogP) is 3.44. The number of benzene rings is 1. The van der Waals surface area contributed by atoms with Crippen molar-refractivity contribution in [2.75, 3.05) is 0 Å². The van der Waals surface area contributed by atoms with Crippen molar-refractivity contribution in [3.05, 3.63) is 40.6 Å². The van der Waals surface area contributed by atoms with Gasteiger partial charge in [0.2, 0.25) is 0 Å². The van der Waals surface area contributed by atoms with E-state index in [-0.39, 0.29) is 5.54 Å². The minimum absolute atomic E-state index is 0.195. The highest BCUT2D eigenvalue weighted by Gasteiger charge is 2.15. The molecule has 0 fully saturated rings. The van der Waals surface area contributed by atoms with Crippen LogP contribution in [-0.4, -0.2) is 10.5 Å². The smallest absolute Gasteiger partial charge is 0.0739 e. The standard InChI is InChI=1S/C16H22N2/c1-10-6-7-14-13(9-16(4,5)17)8-11(2)18-15(14)12(10)3/h6-8H,9,17H2,1-5H3. The molecule has 2 nitrogen and oxygen atoms in total. The molecule has 1 aromatic carbocycles. The number of aryl methyl sites for hydroxylation is 3. The Balaban J connectivity index is 2.71. The van der Waals surface area contributed by atoms with E-state index in [0.717, 1.165) is 17.6 Å². The van der Waals surface area contributed by atoms with Gasteiger partial charge in [0.15, 0.2) is 0 Å². The minimum atomic E-state index is -0.195. The first kappa shape index (κ1) is 13.0. The number of fused-ring (bicyclic) bond motifs is 1. The van der Waals surface area contributed by atoms with E-state index in [9.17, 15) is 0 Å². The fraction of sp³-hybridized carbons (Fsp3) is 0.438. The highest BCUT2D eigenvalue weighted by atomic mass is 14.7. The van der Waals surface area contributed by atoms with E-state index in [1.807, 2.05) is 6.92 Å². The van der Waals surface area contributed by atoms with Gasteiger partial charge in [0.25, 0.3) is 0 Å². The highest BCUT2D eigenvalue weighted by molar-refractivity contribution is 5.86. The van der Waals surface area contributed by atoms with Crippen molar-refractivity contribution >= 4 is 10.9 Å². The molecule has 0 amide bonds. The summed E-state index contributed by atoms with van der Waals surface area (Å²) in [5, 5.41) is 1.24. The number of nitrogens with two attached hydrogens (primary N) is 1. The maximum Gasteiger partial charge on any atom is 0.0739 e. The Morgan fingerprint density at radius 1 is 1.17 bits per heavy atom. The van der Waals surface area contributed by atoms with Crippen LogP contribution in [-0.2, 0) is 6.42 Å². The SMILES string of the molecule is Cc1cc(CC(C)(C)N)c2ccc(C)c(C)c2n1. The molecule has 2 heteroatoms. The van der Waals surface area contributed by atoms with Crippen LogP contribution in [0.3, 0.4) is 0 Å². The maximum atomic E-state index is 6.16. The van der Waals surface area contributed by atoms with E-state index in [1.54, 1.807) is 0 Å². The Morgan fingerprint density at radius 3 is 2.44 bits per heavy atom. The van der Waals surface area contributed by atoms with Crippen LogP contribution in [0.5, 0.6) is 0 Å². The molecule has 0 aliphatic heterocycles. The van der Waals surface area contributed by atoms with Crippen molar-refractivity contribution in [2.24, 2.45) is 5.73 Å². The average molecular weight is 242 g/mol. The summed E-state index contributed by atoms with van der Waals surface area (Å²) < 4.78 is 0. The largest absolute Gasteiger partial charge is 0.325 e. The molecule has 0 aliphatic rings. The second-order valence-electron chi connectivity index (χ2n) is 5.99. The fourth-order valence-electron chi connectivity index (χ4n) is 2.38. The lowest BCUT2D eigenvalue weighted by molar-refractivity contribution is 0.518. The fourth-order valence-corrected chi connectivity index (χ4v) is 2.38. The van der Waals surface area contributed by atoms with E-state index in [4.69, 9.17) is 5.73 Å². The summed E-state index contributed by atoms with van der Waals surface area (Å²) in [6, 6.07) is 6.50. The zero-order chi connectivity index (χ0) is 13.5. The van der Waals surface area contributed by atoms with E-state index in [2.05, 4.69) is 50.9 Å². The van der Waals surface area contributed by atoms with Crippen molar-refractivity contribution in [1.82, 2.24) is 4.98 Å². The summed E-state index contributed by atoms with van der Waals surface area (Å²) in [6.07, 6.45) is 0.870. The molecule has 0 aliphatic carbocycles. The van der Waals surface area contributed by atoms with E-state index in [1.165, 1.54) is 22.1 Å². The highest BCUT2D eigenvalue weighted by Crippen LogP contribution is 2.25. The molecule has 1 heterocycles. The van der Waals surface area contributed by atoms with Gasteiger partial charge in [-0.15, -0.1) is 0 Å². The molecular weight excluding hydrogens is 220 g/mol. The van der Waals surface area contributed by atoms with Crippen LogP contribution in [0.15, 0.2) is 18.2 Å². The second-order valence-corrected chi connectivity index (χ2v) is 5.99. The summed E-state index contributed by atoms with van der Waals surface area (Å²) in [6.45, 7) is 10.5. The third-order valence-electron chi connectivity index (χ3n) is 3.37. The van der Waals surface area contributed by atoms with Crippen LogP contribution < -0.4 is 5.73 Å². The summed E-state index contributed by atoms with van der Waals surface area (Å²) in [5.74, 6) is 0. The number of hydrogen-bond acceptors (Lipinski definition) is 2. The summed E-state index contributed by atoms with van der Waals surface area (Å²) >= 11 is 0. The van der Waals surface area contributed by atoms with Gasteiger partial charge >= 0.3 is 0 Å². The number of pyridine rings is 1. The Morgan fingerprint density at radius 2 is 1.83 bits per heavy atom. The van der Waals surface area contributed by atoms with Crippen molar-refractivity contribution in [2.45, 2.75) is 46.6 Å². The second kappa shape index (κ2) is 4.36. The lowest BCUT2D eigenvalue weighted by atomic mass is 9.92. The number of aromatic nitrogens is 1. The topological polar surface area (TPSA) is 38.9 Å². The molecule has 2 N–H and O–H groups in total. The van der Waals surface area contributed by atoms with Gasteiger partial charge in [0.05, 0.1) is 5.52 Å². The first-order chi connectivity index (χ1) is 8.28. The molecule has 0 atom stereocenters. The normalized spacial score (nSPS) is 12.1. The van der Waals surface area contributed by atoms with E-state index >= 15 is 0 Å². The van der Waals surface area contributed by atoms with Crippen molar-refractivity contribution in [3.8, 4) is 0 Å². The molecule has 2 aromatic rings. The lowest BCUT2D eigenvalue weighted by Gasteiger charge is -2.20. The van der Waals surface area contributed by atoms with Crippen LogP contribution in [0.4, 0.5) is 0 Å². The Hall–Kier alpha value is -1.41. The van der Waals surface area contributed by atoms with Crippen LogP contribution >= 0.6 is 0 Å². The van der Waals surface area contributed by atoms with Gasteiger partial charge in [-0.05, 0) is 63.8 Å². The molecule has 0 bridgehead atoms. The molecule has 1 aromatic heterocycles. The van der Waals surface area contributed by atoms with Gasteiger partial charge < -0.3 is 5.73 Å². The maximum absolute atomic E-state index is 6.16. The zero-order valence-electron chi connectivity index (χ0n) is 12.0. The third kappa shape index (κ3) is 2.54. The summed E-state index contributed by atoms with van der Waals surface area (Å²) in [7, 11) is 0.